The number of thiazole rings is 1. The summed E-state index contributed by atoms with van der Waals surface area (Å²) in [5.41, 5.74) is 0.983. The van der Waals surface area contributed by atoms with E-state index in [1.54, 1.807) is 0 Å². The summed E-state index contributed by atoms with van der Waals surface area (Å²) in [6.45, 7) is 7.60. The molecule has 7 heteroatoms. The maximum atomic E-state index is 11.3. The van der Waals surface area contributed by atoms with Gasteiger partial charge >= 0.3 is 0 Å². The van der Waals surface area contributed by atoms with Gasteiger partial charge in [0, 0.05) is 30.3 Å². The predicted octanol–water partition coefficient (Wildman–Crippen LogP) is 1.99. The lowest BCUT2D eigenvalue weighted by molar-refractivity contribution is 0.0858. The van der Waals surface area contributed by atoms with Gasteiger partial charge in [0.1, 0.15) is 10.8 Å². The normalized spacial score (nSPS) is 24.0. The Bertz CT molecular complexity index is 585. The average molecular weight is 346 g/mol. The number of aromatic nitrogens is 1. The predicted molar refractivity (Wildman–Crippen MR) is 91.9 cm³/mol. The summed E-state index contributed by atoms with van der Waals surface area (Å²) in [5.74, 6) is 0.0489. The molecule has 0 aromatic carbocycles. The van der Waals surface area contributed by atoms with Crippen molar-refractivity contribution in [3.8, 4) is 0 Å². The molecule has 1 aliphatic heterocycles. The summed E-state index contributed by atoms with van der Waals surface area (Å²) >= 11 is 1.44. The van der Waals surface area contributed by atoms with E-state index < -0.39 is 9.84 Å². The first kappa shape index (κ1) is 17.8. The highest BCUT2D eigenvalue weighted by atomic mass is 32.2. The summed E-state index contributed by atoms with van der Waals surface area (Å²) in [5, 5.41) is 2.68. The van der Waals surface area contributed by atoms with Crippen molar-refractivity contribution >= 4 is 21.2 Å². The second kappa shape index (κ2) is 7.38. The topological polar surface area (TPSA) is 53.5 Å². The van der Waals surface area contributed by atoms with Gasteiger partial charge in [0.15, 0.2) is 9.84 Å². The molecule has 22 heavy (non-hydrogen) atoms. The first-order chi connectivity index (χ1) is 10.3. The second-order valence-corrected chi connectivity index (χ2v) is 9.46. The third-order valence-electron chi connectivity index (χ3n) is 4.41. The molecule has 1 aromatic heterocycles. The van der Waals surface area contributed by atoms with Gasteiger partial charge in [-0.25, -0.2) is 13.4 Å². The Hall–Kier alpha value is -0.500. The molecule has 1 saturated heterocycles. The van der Waals surface area contributed by atoms with Crippen molar-refractivity contribution in [2.45, 2.75) is 51.1 Å². The van der Waals surface area contributed by atoms with E-state index in [0.717, 1.165) is 25.3 Å². The third kappa shape index (κ3) is 5.01. The van der Waals surface area contributed by atoms with Crippen molar-refractivity contribution in [3.63, 3.8) is 0 Å². The van der Waals surface area contributed by atoms with Gasteiger partial charge in [-0.2, -0.15) is 0 Å². The molecule has 0 aliphatic carbocycles. The highest BCUT2D eigenvalue weighted by Crippen LogP contribution is 2.22. The molecular weight excluding hydrogens is 318 g/mol. The summed E-state index contributed by atoms with van der Waals surface area (Å²) in [6, 6.07) is 1.21. The quantitative estimate of drug-likeness (QED) is 0.789. The molecule has 1 aromatic rings. The van der Waals surface area contributed by atoms with Crippen molar-refractivity contribution in [1.29, 1.82) is 0 Å². The summed E-state index contributed by atoms with van der Waals surface area (Å²) in [7, 11) is -0.853. The Morgan fingerprint density at radius 1 is 1.50 bits per heavy atom. The molecule has 126 valence electrons. The van der Waals surface area contributed by atoms with E-state index in [4.69, 9.17) is 0 Å². The van der Waals surface area contributed by atoms with Crippen LogP contribution < -0.4 is 0 Å². The van der Waals surface area contributed by atoms with Crippen LogP contribution in [0, 0.1) is 0 Å². The first-order valence-corrected chi connectivity index (χ1v) is 10.8. The lowest BCUT2D eigenvalue weighted by Crippen LogP contribution is -2.47. The number of nitrogens with zero attached hydrogens (tertiary/aromatic N) is 3. The Morgan fingerprint density at radius 3 is 2.82 bits per heavy atom. The Balaban J connectivity index is 1.91. The fourth-order valence-corrected chi connectivity index (χ4v) is 5.16. The van der Waals surface area contributed by atoms with Crippen molar-refractivity contribution in [3.05, 3.63) is 16.1 Å². The molecule has 2 atom stereocenters. The molecule has 0 unspecified atom stereocenters. The fourth-order valence-electron chi connectivity index (χ4n) is 3.16. The monoisotopic (exact) mass is 345 g/mol. The van der Waals surface area contributed by atoms with Gasteiger partial charge in [-0.1, -0.05) is 6.92 Å². The molecule has 1 fully saturated rings. The molecule has 0 spiro atoms. The number of rotatable bonds is 6. The molecule has 0 radical (unpaired) electrons. The largest absolute Gasteiger partial charge is 0.301 e. The van der Waals surface area contributed by atoms with E-state index in [2.05, 4.69) is 35.7 Å². The van der Waals surface area contributed by atoms with Crippen molar-refractivity contribution in [2.75, 3.05) is 26.4 Å². The van der Waals surface area contributed by atoms with Crippen LogP contribution in [0.1, 0.15) is 37.4 Å². The number of hydrogen-bond donors (Lipinski definition) is 0. The minimum atomic E-state index is -3.00. The minimum Gasteiger partial charge on any atom is -0.301 e. The van der Waals surface area contributed by atoms with Crippen LogP contribution in [-0.2, 0) is 22.1 Å². The third-order valence-corrected chi connectivity index (χ3v) is 6.29. The van der Waals surface area contributed by atoms with Gasteiger partial charge in [-0.15, -0.1) is 11.3 Å². The molecule has 0 amide bonds. The maximum absolute atomic E-state index is 11.3. The van der Waals surface area contributed by atoms with Crippen LogP contribution in [0.15, 0.2) is 5.38 Å². The van der Waals surface area contributed by atoms with Crippen LogP contribution in [0.25, 0.3) is 0 Å². The highest BCUT2D eigenvalue weighted by Gasteiger charge is 2.27. The molecule has 0 N–H and O–H groups in total. The van der Waals surface area contributed by atoms with Crippen LogP contribution in [0.3, 0.4) is 0 Å². The lowest BCUT2D eigenvalue weighted by Gasteiger charge is -2.40. The molecule has 0 bridgehead atoms. The maximum Gasteiger partial charge on any atom is 0.153 e. The van der Waals surface area contributed by atoms with Gasteiger partial charge in [0.25, 0.3) is 0 Å². The average Bonchev–Trinajstić information content (AvgIpc) is 2.83. The number of piperidine rings is 1. The SMILES string of the molecule is CCN1CC[C@H](N(C)Cc2csc(CS(C)(=O)=O)n2)C[C@@H]1C. The van der Waals surface area contributed by atoms with Gasteiger partial charge in [-0.3, -0.25) is 4.90 Å². The zero-order valence-corrected chi connectivity index (χ0v) is 15.6. The Labute approximate surface area is 138 Å². The van der Waals surface area contributed by atoms with Crippen molar-refractivity contribution < 1.29 is 8.42 Å². The fraction of sp³-hybridized carbons (Fsp3) is 0.800. The van der Waals surface area contributed by atoms with Gasteiger partial charge < -0.3 is 4.90 Å². The number of sulfone groups is 1. The van der Waals surface area contributed by atoms with E-state index in [0.29, 0.717) is 17.1 Å². The molecule has 5 nitrogen and oxygen atoms in total. The minimum absolute atomic E-state index is 0.0489. The van der Waals surface area contributed by atoms with Crippen LogP contribution in [-0.4, -0.2) is 61.7 Å². The second-order valence-electron chi connectivity index (χ2n) is 6.37. The van der Waals surface area contributed by atoms with Crippen molar-refractivity contribution in [2.24, 2.45) is 0 Å². The Morgan fingerprint density at radius 2 is 2.23 bits per heavy atom. The molecule has 2 rings (SSSR count). The molecule has 2 heterocycles. The molecule has 1 aliphatic rings. The standard InChI is InChI=1S/C15H27N3O2S2/c1-5-18-7-6-14(8-12(18)2)17(3)9-13-10-21-15(16-13)11-22(4,19)20/h10,12,14H,5-9,11H2,1-4H3/t12-,14-/m0/s1. The molecular formula is C15H27N3O2S2. The zero-order chi connectivity index (χ0) is 16.3. The van der Waals surface area contributed by atoms with E-state index in [-0.39, 0.29) is 5.75 Å². The van der Waals surface area contributed by atoms with E-state index >= 15 is 0 Å². The van der Waals surface area contributed by atoms with Crippen LogP contribution in [0.2, 0.25) is 0 Å². The van der Waals surface area contributed by atoms with Gasteiger partial charge in [-0.05, 0) is 39.9 Å². The first-order valence-electron chi connectivity index (χ1n) is 7.83. The van der Waals surface area contributed by atoms with Crippen molar-refractivity contribution in [1.82, 2.24) is 14.8 Å². The smallest absolute Gasteiger partial charge is 0.153 e. The zero-order valence-electron chi connectivity index (χ0n) is 13.9. The highest BCUT2D eigenvalue weighted by molar-refractivity contribution is 7.90. The Kier molecular flexibility index (Phi) is 5.99. The summed E-state index contributed by atoms with van der Waals surface area (Å²) in [6.07, 6.45) is 3.63. The number of hydrogen-bond acceptors (Lipinski definition) is 6. The van der Waals surface area contributed by atoms with Gasteiger partial charge in [0.2, 0.25) is 0 Å². The van der Waals surface area contributed by atoms with E-state index in [1.165, 1.54) is 30.4 Å². The van der Waals surface area contributed by atoms with Crippen LogP contribution >= 0.6 is 11.3 Å². The van der Waals surface area contributed by atoms with E-state index in [1.807, 2.05) is 5.38 Å². The summed E-state index contributed by atoms with van der Waals surface area (Å²) < 4.78 is 22.7. The van der Waals surface area contributed by atoms with Crippen LogP contribution in [0.4, 0.5) is 0 Å². The number of likely N-dealkylation sites (tertiary alicyclic amines) is 1. The lowest BCUT2D eigenvalue weighted by atomic mass is 9.97. The van der Waals surface area contributed by atoms with Crippen LogP contribution in [0.5, 0.6) is 0 Å². The molecule has 0 saturated carbocycles. The summed E-state index contributed by atoms with van der Waals surface area (Å²) in [4.78, 5) is 9.36. The van der Waals surface area contributed by atoms with E-state index in [9.17, 15) is 8.42 Å². The van der Waals surface area contributed by atoms with Gasteiger partial charge in [0.05, 0.1) is 5.69 Å².